The first kappa shape index (κ1) is 28.1. The Kier molecular flexibility index (Phi) is 8.57. The van der Waals surface area contributed by atoms with Crippen molar-refractivity contribution in [2.45, 2.75) is 36.6 Å². The van der Waals surface area contributed by atoms with Crippen molar-refractivity contribution < 1.29 is 32.2 Å². The van der Waals surface area contributed by atoms with Crippen LogP contribution in [0.15, 0.2) is 77.7 Å². The highest BCUT2D eigenvalue weighted by molar-refractivity contribution is 7.89. The van der Waals surface area contributed by atoms with E-state index in [1.54, 1.807) is 55.5 Å². The fourth-order valence-corrected chi connectivity index (χ4v) is 5.78. The molecule has 0 atom stereocenters. The van der Waals surface area contributed by atoms with E-state index in [2.05, 4.69) is 5.32 Å². The second kappa shape index (κ2) is 11.9. The average Bonchev–Trinajstić information content (AvgIpc) is 3.75. The van der Waals surface area contributed by atoms with Gasteiger partial charge in [-0.1, -0.05) is 42.5 Å². The number of carbonyl (C=O) groups excluding carboxylic acids is 2. The molecule has 206 valence electrons. The number of esters is 1. The highest BCUT2D eigenvalue weighted by Gasteiger charge is 2.52. The van der Waals surface area contributed by atoms with Crippen LogP contribution in [-0.4, -0.2) is 52.0 Å². The van der Waals surface area contributed by atoms with Gasteiger partial charge in [0.2, 0.25) is 15.9 Å². The van der Waals surface area contributed by atoms with E-state index in [1.807, 2.05) is 6.07 Å². The van der Waals surface area contributed by atoms with Crippen molar-refractivity contribution in [1.29, 1.82) is 0 Å². The van der Waals surface area contributed by atoms with Crippen LogP contribution in [0.4, 0.5) is 5.69 Å². The molecule has 0 saturated heterocycles. The second-order valence-electron chi connectivity index (χ2n) is 9.20. The average molecular weight is 553 g/mol. The van der Waals surface area contributed by atoms with Gasteiger partial charge >= 0.3 is 5.97 Å². The first-order valence-electron chi connectivity index (χ1n) is 12.6. The molecule has 1 aliphatic rings. The predicted molar refractivity (Wildman–Crippen MR) is 146 cm³/mol. The molecule has 0 spiro atoms. The van der Waals surface area contributed by atoms with Gasteiger partial charge in [-0.15, -0.1) is 0 Å². The van der Waals surface area contributed by atoms with Gasteiger partial charge in [-0.05, 0) is 55.2 Å². The zero-order chi connectivity index (χ0) is 28.0. The van der Waals surface area contributed by atoms with Crippen LogP contribution in [0.1, 0.15) is 30.9 Å². The van der Waals surface area contributed by atoms with Crippen molar-refractivity contribution in [2.75, 3.05) is 32.7 Å². The Morgan fingerprint density at radius 2 is 1.59 bits per heavy atom. The first-order chi connectivity index (χ1) is 18.7. The number of ether oxygens (including phenoxy) is 3. The molecule has 3 aromatic carbocycles. The molecule has 1 N–H and O–H groups in total. The van der Waals surface area contributed by atoms with Gasteiger partial charge in [0, 0.05) is 18.3 Å². The summed E-state index contributed by atoms with van der Waals surface area (Å²) in [5.74, 6) is -0.0878. The van der Waals surface area contributed by atoms with E-state index < -0.39 is 27.9 Å². The topological polar surface area (TPSA) is 111 Å². The van der Waals surface area contributed by atoms with Crippen LogP contribution in [0.25, 0.3) is 0 Å². The third-order valence-corrected chi connectivity index (χ3v) is 8.44. The lowest BCUT2D eigenvalue weighted by atomic mass is 9.96. The zero-order valence-electron chi connectivity index (χ0n) is 22.2. The Bertz CT molecular complexity index is 1420. The largest absolute Gasteiger partial charge is 0.493 e. The summed E-state index contributed by atoms with van der Waals surface area (Å²) in [6.07, 6.45) is 1.44. The SMILES string of the molecule is CCOC(=O)C1(c2ccc(NC(=O)CN(Cc3ccccc3)S(=O)(=O)c3ccc(OC)c(OC)c3)cc2)CC1. The van der Waals surface area contributed by atoms with Gasteiger partial charge in [0.1, 0.15) is 0 Å². The van der Waals surface area contributed by atoms with Crippen LogP contribution in [0.2, 0.25) is 0 Å². The van der Waals surface area contributed by atoms with E-state index in [9.17, 15) is 18.0 Å². The zero-order valence-corrected chi connectivity index (χ0v) is 23.0. The number of hydrogen-bond donors (Lipinski definition) is 1. The lowest BCUT2D eigenvalue weighted by Gasteiger charge is -2.22. The van der Waals surface area contributed by atoms with Crippen LogP contribution >= 0.6 is 0 Å². The van der Waals surface area contributed by atoms with Gasteiger partial charge in [0.05, 0.1) is 37.7 Å². The molecule has 0 unspecified atom stereocenters. The molecule has 1 saturated carbocycles. The van der Waals surface area contributed by atoms with Crippen LogP contribution < -0.4 is 14.8 Å². The third-order valence-electron chi connectivity index (χ3n) is 6.65. The molecule has 0 bridgehead atoms. The molecule has 10 heteroatoms. The first-order valence-corrected chi connectivity index (χ1v) is 14.0. The van der Waals surface area contributed by atoms with Gasteiger partial charge in [-0.3, -0.25) is 9.59 Å². The van der Waals surface area contributed by atoms with E-state index in [-0.39, 0.29) is 23.2 Å². The number of sulfonamides is 1. The lowest BCUT2D eigenvalue weighted by Crippen LogP contribution is -2.37. The van der Waals surface area contributed by atoms with Crippen molar-refractivity contribution in [3.05, 3.63) is 83.9 Å². The van der Waals surface area contributed by atoms with Gasteiger partial charge in [-0.2, -0.15) is 4.31 Å². The highest BCUT2D eigenvalue weighted by Crippen LogP contribution is 2.49. The Labute approximate surface area is 228 Å². The maximum atomic E-state index is 13.7. The Morgan fingerprint density at radius 1 is 0.923 bits per heavy atom. The molecule has 9 nitrogen and oxygen atoms in total. The molecule has 4 rings (SSSR count). The summed E-state index contributed by atoms with van der Waals surface area (Å²) in [6, 6.07) is 20.3. The number of carbonyl (C=O) groups is 2. The monoisotopic (exact) mass is 552 g/mol. The van der Waals surface area contributed by atoms with Gasteiger partial charge in [-0.25, -0.2) is 8.42 Å². The number of nitrogens with zero attached hydrogens (tertiary/aromatic N) is 1. The number of amides is 1. The van der Waals surface area contributed by atoms with E-state index in [1.165, 1.54) is 32.4 Å². The van der Waals surface area contributed by atoms with Crippen LogP contribution in [0, 0.1) is 0 Å². The van der Waals surface area contributed by atoms with Crippen molar-refractivity contribution in [3.8, 4) is 11.5 Å². The van der Waals surface area contributed by atoms with E-state index in [0.29, 0.717) is 18.0 Å². The van der Waals surface area contributed by atoms with E-state index in [0.717, 1.165) is 28.3 Å². The number of methoxy groups -OCH3 is 2. The standard InChI is InChI=1S/C29H32N2O7S/c1-4-38-28(33)29(16-17-29)22-10-12-23(13-11-22)30-27(32)20-31(19-21-8-6-5-7-9-21)39(34,35)24-14-15-25(36-2)26(18-24)37-3/h5-15,18H,4,16-17,19-20H2,1-3H3,(H,30,32). The van der Waals surface area contributed by atoms with Crippen molar-refractivity contribution >= 4 is 27.6 Å². The summed E-state index contributed by atoms with van der Waals surface area (Å²) in [4.78, 5) is 25.4. The summed E-state index contributed by atoms with van der Waals surface area (Å²) in [5, 5.41) is 2.77. The van der Waals surface area contributed by atoms with E-state index in [4.69, 9.17) is 14.2 Å². The molecule has 1 fully saturated rings. The summed E-state index contributed by atoms with van der Waals surface area (Å²) in [6.45, 7) is 1.67. The number of rotatable bonds is 12. The highest BCUT2D eigenvalue weighted by atomic mass is 32.2. The fraction of sp³-hybridized carbons (Fsp3) is 0.310. The quantitative estimate of drug-likeness (QED) is 0.336. The molecule has 0 aromatic heterocycles. The predicted octanol–water partition coefficient (Wildman–Crippen LogP) is 4.13. The van der Waals surface area contributed by atoms with Gasteiger partial charge < -0.3 is 19.5 Å². The van der Waals surface area contributed by atoms with Crippen molar-refractivity contribution in [1.82, 2.24) is 4.31 Å². The smallest absolute Gasteiger partial charge is 0.316 e. The third kappa shape index (κ3) is 6.23. The minimum atomic E-state index is -4.09. The molecule has 3 aromatic rings. The molecule has 0 heterocycles. The van der Waals surface area contributed by atoms with Crippen molar-refractivity contribution in [3.63, 3.8) is 0 Å². The van der Waals surface area contributed by atoms with Crippen LogP contribution in [0.3, 0.4) is 0 Å². The molecule has 1 amide bonds. The summed E-state index contributed by atoms with van der Waals surface area (Å²) in [5.41, 5.74) is 1.44. The number of nitrogens with one attached hydrogen (secondary N) is 1. The minimum absolute atomic E-state index is 0.00800. The summed E-state index contributed by atoms with van der Waals surface area (Å²) >= 11 is 0. The minimum Gasteiger partial charge on any atom is -0.493 e. The molecule has 0 radical (unpaired) electrons. The normalized spacial score (nSPS) is 13.9. The van der Waals surface area contributed by atoms with Crippen LogP contribution in [-0.2, 0) is 36.3 Å². The molecule has 39 heavy (non-hydrogen) atoms. The Morgan fingerprint density at radius 3 is 2.18 bits per heavy atom. The number of benzene rings is 3. The second-order valence-corrected chi connectivity index (χ2v) is 11.1. The molecular weight excluding hydrogens is 520 g/mol. The maximum absolute atomic E-state index is 13.7. The number of anilines is 1. The van der Waals surface area contributed by atoms with Crippen molar-refractivity contribution in [2.24, 2.45) is 0 Å². The Hall–Kier alpha value is -3.89. The Balaban J connectivity index is 1.54. The van der Waals surface area contributed by atoms with E-state index >= 15 is 0 Å². The lowest BCUT2D eigenvalue weighted by molar-refractivity contribution is -0.146. The van der Waals surface area contributed by atoms with Crippen LogP contribution in [0.5, 0.6) is 11.5 Å². The maximum Gasteiger partial charge on any atom is 0.316 e. The van der Waals surface area contributed by atoms with Gasteiger partial charge in [0.15, 0.2) is 11.5 Å². The number of hydrogen-bond acceptors (Lipinski definition) is 7. The molecule has 0 aliphatic heterocycles. The van der Waals surface area contributed by atoms with Gasteiger partial charge in [0.25, 0.3) is 0 Å². The molecular formula is C29H32N2O7S. The summed E-state index contributed by atoms with van der Waals surface area (Å²) in [7, 11) is -1.20. The summed E-state index contributed by atoms with van der Waals surface area (Å²) < 4.78 is 44.2. The fourth-order valence-electron chi connectivity index (χ4n) is 4.38. The molecule has 1 aliphatic carbocycles.